The summed E-state index contributed by atoms with van der Waals surface area (Å²) in [4.78, 5) is 2.39. The summed E-state index contributed by atoms with van der Waals surface area (Å²) in [6, 6.07) is 50.9. The largest absolute Gasteiger partial charge is 0.387 e. The van der Waals surface area contributed by atoms with Gasteiger partial charge >= 0.3 is 0 Å². The third kappa shape index (κ3) is 6.29. The van der Waals surface area contributed by atoms with E-state index < -0.39 is 14.0 Å². The fraction of sp³-hybridized carbons (Fsp3) is 0.143. The molecule has 0 aliphatic heterocycles. The molecule has 0 amide bonds. The number of hydrogen-bond donors (Lipinski definition) is 1. The van der Waals surface area contributed by atoms with Gasteiger partial charge in [0.2, 0.25) is 0 Å². The van der Waals surface area contributed by atoms with Gasteiger partial charge in [-0.1, -0.05) is 146 Å². The van der Waals surface area contributed by atoms with Crippen molar-refractivity contribution < 1.29 is 5.11 Å². The Morgan fingerprint density at radius 1 is 0.553 bits per heavy atom. The van der Waals surface area contributed by atoms with Gasteiger partial charge in [0.1, 0.15) is 0 Å². The lowest BCUT2D eigenvalue weighted by Crippen LogP contribution is -2.38. The first kappa shape index (κ1) is 26.1. The van der Waals surface area contributed by atoms with Crippen LogP contribution in [0, 0.1) is 0 Å². The lowest BCUT2D eigenvalue weighted by Gasteiger charge is -2.34. The zero-order chi connectivity index (χ0) is 26.2. The van der Waals surface area contributed by atoms with Crippen molar-refractivity contribution in [1.29, 1.82) is 0 Å². The standard InChI is InChI=1S/C35H34NOP/c1-28(36(26-29-16-6-2-7-17-29)27-30-18-8-3-9-19-30)35(37)33-24-14-15-25-34(33)38(31-20-10-4-11-21-31)32-22-12-5-13-23-32/h2-25,28,35,37H,26-27H2,1H3/t28-,35-/m0/s1. The van der Waals surface area contributed by atoms with E-state index in [0.29, 0.717) is 0 Å². The SMILES string of the molecule is C[C@@H]([C@H](O)c1ccccc1P(c1ccccc1)c1ccccc1)N(Cc1ccccc1)Cc1ccccc1. The van der Waals surface area contributed by atoms with Gasteiger partial charge in [-0.25, -0.2) is 0 Å². The number of aliphatic hydroxyl groups is 1. The van der Waals surface area contributed by atoms with Gasteiger partial charge in [-0.15, -0.1) is 0 Å². The lowest BCUT2D eigenvalue weighted by atomic mass is 10.0. The zero-order valence-electron chi connectivity index (χ0n) is 21.8. The molecule has 0 saturated heterocycles. The van der Waals surface area contributed by atoms with Gasteiger partial charge in [-0.2, -0.15) is 0 Å². The van der Waals surface area contributed by atoms with E-state index in [0.717, 1.165) is 18.7 Å². The third-order valence-electron chi connectivity index (χ3n) is 7.01. The molecule has 0 fully saturated rings. The summed E-state index contributed by atoms with van der Waals surface area (Å²) in [6.45, 7) is 3.69. The Hall–Kier alpha value is -3.55. The van der Waals surface area contributed by atoms with Crippen LogP contribution in [-0.2, 0) is 13.1 Å². The second-order valence-corrected chi connectivity index (χ2v) is 11.8. The first-order valence-electron chi connectivity index (χ1n) is 13.2. The molecule has 5 aromatic carbocycles. The smallest absolute Gasteiger partial charge is 0.0949 e. The normalized spacial score (nSPS) is 12.9. The van der Waals surface area contributed by atoms with Crippen LogP contribution in [0.15, 0.2) is 146 Å². The predicted octanol–water partition coefficient (Wildman–Crippen LogP) is 6.57. The molecule has 0 radical (unpaired) electrons. The minimum Gasteiger partial charge on any atom is -0.387 e. The van der Waals surface area contributed by atoms with E-state index in [1.165, 1.54) is 27.0 Å². The van der Waals surface area contributed by atoms with Crippen LogP contribution < -0.4 is 15.9 Å². The highest BCUT2D eigenvalue weighted by molar-refractivity contribution is 7.79. The van der Waals surface area contributed by atoms with Crippen molar-refractivity contribution in [1.82, 2.24) is 4.90 Å². The molecular weight excluding hydrogens is 481 g/mol. The second-order valence-electron chi connectivity index (χ2n) is 9.63. The maximum atomic E-state index is 12.0. The van der Waals surface area contributed by atoms with Gasteiger partial charge in [-0.3, -0.25) is 4.90 Å². The van der Waals surface area contributed by atoms with Gasteiger partial charge in [0.25, 0.3) is 0 Å². The van der Waals surface area contributed by atoms with Crippen LogP contribution in [-0.4, -0.2) is 16.0 Å². The third-order valence-corrected chi connectivity index (χ3v) is 9.53. The van der Waals surface area contributed by atoms with Crippen LogP contribution >= 0.6 is 7.92 Å². The summed E-state index contributed by atoms with van der Waals surface area (Å²) in [5, 5.41) is 15.8. The maximum absolute atomic E-state index is 12.0. The zero-order valence-corrected chi connectivity index (χ0v) is 22.7. The highest BCUT2D eigenvalue weighted by Crippen LogP contribution is 2.36. The Kier molecular flexibility index (Phi) is 8.78. The van der Waals surface area contributed by atoms with Crippen LogP contribution in [0.2, 0.25) is 0 Å². The predicted molar refractivity (Wildman–Crippen MR) is 162 cm³/mol. The minimum absolute atomic E-state index is 0.0973. The van der Waals surface area contributed by atoms with Crippen LogP contribution in [0.4, 0.5) is 0 Å². The Morgan fingerprint density at radius 2 is 0.947 bits per heavy atom. The highest BCUT2D eigenvalue weighted by Gasteiger charge is 2.28. The van der Waals surface area contributed by atoms with Crippen molar-refractivity contribution >= 4 is 23.8 Å². The molecule has 2 nitrogen and oxygen atoms in total. The van der Waals surface area contributed by atoms with E-state index in [2.05, 4.69) is 157 Å². The van der Waals surface area contributed by atoms with Crippen molar-refractivity contribution in [3.63, 3.8) is 0 Å². The van der Waals surface area contributed by atoms with Crippen LogP contribution in [0.3, 0.4) is 0 Å². The Balaban J connectivity index is 1.52. The van der Waals surface area contributed by atoms with E-state index in [4.69, 9.17) is 0 Å². The summed E-state index contributed by atoms with van der Waals surface area (Å²) >= 11 is 0. The summed E-state index contributed by atoms with van der Waals surface area (Å²) < 4.78 is 0. The topological polar surface area (TPSA) is 23.5 Å². The average Bonchev–Trinajstić information content (AvgIpc) is 2.99. The molecule has 1 N–H and O–H groups in total. The molecule has 2 atom stereocenters. The number of rotatable bonds is 10. The van der Waals surface area contributed by atoms with E-state index in [9.17, 15) is 5.11 Å². The molecule has 0 heterocycles. The molecule has 0 aliphatic carbocycles. The van der Waals surface area contributed by atoms with Crippen molar-refractivity contribution in [3.05, 3.63) is 162 Å². The van der Waals surface area contributed by atoms with Crippen LogP contribution in [0.1, 0.15) is 29.7 Å². The van der Waals surface area contributed by atoms with Gasteiger partial charge < -0.3 is 5.11 Å². The van der Waals surface area contributed by atoms with Crippen molar-refractivity contribution in [3.8, 4) is 0 Å². The Bertz CT molecular complexity index is 1310. The first-order valence-corrected chi connectivity index (χ1v) is 14.5. The molecular formula is C35H34NOP. The monoisotopic (exact) mass is 515 g/mol. The van der Waals surface area contributed by atoms with Gasteiger partial charge in [0, 0.05) is 19.1 Å². The molecule has 0 saturated carbocycles. The number of nitrogens with zero attached hydrogens (tertiary/aromatic N) is 1. The Labute approximate surface area is 228 Å². The molecule has 5 aromatic rings. The molecule has 0 aliphatic rings. The molecule has 0 aromatic heterocycles. The van der Waals surface area contributed by atoms with Crippen LogP contribution in [0.5, 0.6) is 0 Å². The van der Waals surface area contributed by atoms with Crippen molar-refractivity contribution in [2.75, 3.05) is 0 Å². The quantitative estimate of drug-likeness (QED) is 0.213. The molecule has 5 rings (SSSR count). The number of benzene rings is 5. The van der Waals surface area contributed by atoms with Crippen LogP contribution in [0.25, 0.3) is 0 Å². The maximum Gasteiger partial charge on any atom is 0.0949 e. The molecule has 0 spiro atoms. The average molecular weight is 516 g/mol. The summed E-state index contributed by atoms with van der Waals surface area (Å²) in [6.07, 6.45) is -0.643. The summed E-state index contributed by atoms with van der Waals surface area (Å²) in [5.41, 5.74) is 3.49. The molecule has 190 valence electrons. The van der Waals surface area contributed by atoms with E-state index in [1.54, 1.807) is 0 Å². The van der Waals surface area contributed by atoms with Gasteiger partial charge in [0.15, 0.2) is 0 Å². The second kappa shape index (κ2) is 12.8. The molecule has 0 bridgehead atoms. The number of hydrogen-bond acceptors (Lipinski definition) is 2. The van der Waals surface area contributed by atoms with Crippen molar-refractivity contribution in [2.45, 2.75) is 32.2 Å². The highest BCUT2D eigenvalue weighted by atomic mass is 31.1. The fourth-order valence-electron chi connectivity index (χ4n) is 4.96. The summed E-state index contributed by atoms with van der Waals surface area (Å²) in [7, 11) is -0.818. The fourth-order valence-corrected chi connectivity index (χ4v) is 7.46. The molecule has 0 unspecified atom stereocenters. The van der Waals surface area contributed by atoms with Gasteiger partial charge in [-0.05, 0) is 47.4 Å². The lowest BCUT2D eigenvalue weighted by molar-refractivity contribution is 0.0490. The minimum atomic E-state index is -0.818. The summed E-state index contributed by atoms with van der Waals surface area (Å²) in [5.74, 6) is 0. The Morgan fingerprint density at radius 3 is 1.42 bits per heavy atom. The first-order chi connectivity index (χ1) is 18.7. The molecule has 3 heteroatoms. The van der Waals surface area contributed by atoms with E-state index in [-0.39, 0.29) is 6.04 Å². The van der Waals surface area contributed by atoms with Crippen molar-refractivity contribution in [2.24, 2.45) is 0 Å². The molecule has 38 heavy (non-hydrogen) atoms. The van der Waals surface area contributed by atoms with Gasteiger partial charge in [0.05, 0.1) is 6.10 Å². The van der Waals surface area contributed by atoms with E-state index in [1.807, 2.05) is 0 Å². The van der Waals surface area contributed by atoms with E-state index >= 15 is 0 Å². The number of aliphatic hydroxyl groups excluding tert-OH is 1.